The van der Waals surface area contributed by atoms with Crippen LogP contribution < -0.4 is 0 Å². The van der Waals surface area contributed by atoms with Gasteiger partial charge in [-0.05, 0) is 25.0 Å². The molecule has 5 nitrogen and oxygen atoms in total. The zero-order valence-electron chi connectivity index (χ0n) is 11.1. The maximum Gasteiger partial charge on any atom is 0.255 e. The largest absolute Gasteiger partial charge is 0.346 e. The van der Waals surface area contributed by atoms with Gasteiger partial charge in [-0.2, -0.15) is 0 Å². The van der Waals surface area contributed by atoms with Gasteiger partial charge in [0.25, 0.3) is 5.91 Å². The molecule has 1 aromatic rings. The minimum Gasteiger partial charge on any atom is -0.346 e. The molecule has 1 aromatic heterocycles. The summed E-state index contributed by atoms with van der Waals surface area (Å²) in [5.41, 5.74) is 1.63. The predicted octanol–water partition coefficient (Wildman–Crippen LogP) is 1.37. The lowest BCUT2D eigenvalue weighted by atomic mass is 10.0. The molecule has 3 heterocycles. The molecule has 0 radical (unpaired) electrons. The highest BCUT2D eigenvalue weighted by Crippen LogP contribution is 2.30. The molecule has 1 amide bonds. The monoisotopic (exact) mass is 262 g/mol. The molecule has 2 fully saturated rings. The van der Waals surface area contributed by atoms with Crippen molar-refractivity contribution in [1.82, 2.24) is 9.88 Å². The third-order valence-corrected chi connectivity index (χ3v) is 3.64. The van der Waals surface area contributed by atoms with Gasteiger partial charge in [-0.1, -0.05) is 0 Å². The van der Waals surface area contributed by atoms with Crippen LogP contribution in [0.15, 0.2) is 18.5 Å². The van der Waals surface area contributed by atoms with E-state index in [1.807, 2.05) is 17.9 Å². The lowest BCUT2D eigenvalue weighted by Crippen LogP contribution is -2.51. The van der Waals surface area contributed by atoms with Gasteiger partial charge in [0.2, 0.25) is 0 Å². The van der Waals surface area contributed by atoms with E-state index in [4.69, 9.17) is 9.47 Å². The molecule has 102 valence electrons. The second-order valence-electron chi connectivity index (χ2n) is 5.19. The maximum atomic E-state index is 12.5. The van der Waals surface area contributed by atoms with Crippen LogP contribution in [0, 0.1) is 6.92 Å². The Kier molecular flexibility index (Phi) is 3.24. The van der Waals surface area contributed by atoms with Crippen molar-refractivity contribution in [3.63, 3.8) is 0 Å². The topological polar surface area (TPSA) is 51.7 Å². The SMILES string of the molecule is Cc1cncc(C(=O)N2CCCC3(C2)OCCO3)c1. The molecule has 2 aliphatic rings. The number of carbonyl (C=O) groups excluding carboxylic acids is 1. The highest BCUT2D eigenvalue weighted by atomic mass is 16.7. The third kappa shape index (κ3) is 2.48. The number of aryl methyl sites for hydroxylation is 1. The Labute approximate surface area is 112 Å². The minimum atomic E-state index is -0.564. The first-order valence-electron chi connectivity index (χ1n) is 6.67. The number of likely N-dealkylation sites (tertiary alicyclic amines) is 1. The summed E-state index contributed by atoms with van der Waals surface area (Å²) in [6.07, 6.45) is 5.14. The zero-order valence-corrected chi connectivity index (χ0v) is 11.1. The Morgan fingerprint density at radius 2 is 2.16 bits per heavy atom. The van der Waals surface area contributed by atoms with Gasteiger partial charge in [0.05, 0.1) is 25.3 Å². The van der Waals surface area contributed by atoms with Crippen LogP contribution in [0.25, 0.3) is 0 Å². The van der Waals surface area contributed by atoms with Crippen LogP contribution in [0.1, 0.15) is 28.8 Å². The van der Waals surface area contributed by atoms with E-state index >= 15 is 0 Å². The average Bonchev–Trinajstić information content (AvgIpc) is 2.86. The van der Waals surface area contributed by atoms with E-state index in [-0.39, 0.29) is 5.91 Å². The van der Waals surface area contributed by atoms with Crippen LogP contribution in [-0.4, -0.2) is 47.9 Å². The van der Waals surface area contributed by atoms with E-state index in [1.54, 1.807) is 12.4 Å². The summed E-state index contributed by atoms with van der Waals surface area (Å²) < 4.78 is 11.4. The van der Waals surface area contributed by atoms with Crippen molar-refractivity contribution < 1.29 is 14.3 Å². The summed E-state index contributed by atoms with van der Waals surface area (Å²) in [6, 6.07) is 1.87. The van der Waals surface area contributed by atoms with E-state index in [9.17, 15) is 4.79 Å². The van der Waals surface area contributed by atoms with Crippen molar-refractivity contribution in [2.75, 3.05) is 26.3 Å². The molecule has 0 unspecified atom stereocenters. The number of hydrogen-bond acceptors (Lipinski definition) is 4. The summed E-state index contributed by atoms with van der Waals surface area (Å²) >= 11 is 0. The summed E-state index contributed by atoms with van der Waals surface area (Å²) in [4.78, 5) is 18.4. The Bertz CT molecular complexity index is 483. The summed E-state index contributed by atoms with van der Waals surface area (Å²) in [5, 5.41) is 0. The summed E-state index contributed by atoms with van der Waals surface area (Å²) in [5.74, 6) is -0.556. The molecule has 0 aromatic carbocycles. The van der Waals surface area contributed by atoms with Crippen molar-refractivity contribution in [3.05, 3.63) is 29.6 Å². The molecule has 0 bridgehead atoms. The lowest BCUT2D eigenvalue weighted by molar-refractivity contribution is -0.183. The van der Waals surface area contributed by atoms with E-state index in [0.717, 1.165) is 24.9 Å². The Morgan fingerprint density at radius 3 is 2.89 bits per heavy atom. The predicted molar refractivity (Wildman–Crippen MR) is 68.7 cm³/mol. The fourth-order valence-corrected chi connectivity index (χ4v) is 2.75. The lowest BCUT2D eigenvalue weighted by Gasteiger charge is -2.38. The van der Waals surface area contributed by atoms with Crippen LogP contribution in [0.2, 0.25) is 0 Å². The van der Waals surface area contributed by atoms with Gasteiger partial charge in [-0.15, -0.1) is 0 Å². The molecule has 0 atom stereocenters. The van der Waals surface area contributed by atoms with Gasteiger partial charge in [0.1, 0.15) is 0 Å². The Morgan fingerprint density at radius 1 is 1.37 bits per heavy atom. The second-order valence-corrected chi connectivity index (χ2v) is 5.19. The molecule has 0 N–H and O–H groups in total. The number of pyridine rings is 1. The quantitative estimate of drug-likeness (QED) is 0.767. The third-order valence-electron chi connectivity index (χ3n) is 3.64. The van der Waals surface area contributed by atoms with Crippen LogP contribution in [0.4, 0.5) is 0 Å². The summed E-state index contributed by atoms with van der Waals surface area (Å²) in [7, 11) is 0. The molecule has 2 aliphatic heterocycles. The van der Waals surface area contributed by atoms with Crippen molar-refractivity contribution in [3.8, 4) is 0 Å². The fourth-order valence-electron chi connectivity index (χ4n) is 2.75. The van der Waals surface area contributed by atoms with Crippen LogP contribution in [0.3, 0.4) is 0 Å². The molecule has 0 saturated carbocycles. The van der Waals surface area contributed by atoms with E-state index in [2.05, 4.69) is 4.98 Å². The first-order chi connectivity index (χ1) is 9.19. The second kappa shape index (κ2) is 4.90. The molecular weight excluding hydrogens is 244 g/mol. The molecular formula is C14H18N2O3. The summed E-state index contributed by atoms with van der Waals surface area (Å²) in [6.45, 7) is 4.44. The van der Waals surface area contributed by atoms with Gasteiger partial charge in [-0.25, -0.2) is 0 Å². The van der Waals surface area contributed by atoms with Crippen molar-refractivity contribution in [2.45, 2.75) is 25.6 Å². The van der Waals surface area contributed by atoms with E-state index < -0.39 is 5.79 Å². The minimum absolute atomic E-state index is 0.00868. The highest BCUT2D eigenvalue weighted by Gasteiger charge is 2.42. The number of piperidine rings is 1. The van der Waals surface area contributed by atoms with Gasteiger partial charge in [0, 0.05) is 25.4 Å². The number of ether oxygens (including phenoxy) is 2. The van der Waals surface area contributed by atoms with Crippen LogP contribution in [0.5, 0.6) is 0 Å². The van der Waals surface area contributed by atoms with Crippen molar-refractivity contribution in [2.24, 2.45) is 0 Å². The number of aromatic nitrogens is 1. The number of hydrogen-bond donors (Lipinski definition) is 0. The van der Waals surface area contributed by atoms with Crippen molar-refractivity contribution in [1.29, 1.82) is 0 Å². The normalized spacial score (nSPS) is 21.8. The standard InChI is InChI=1S/C14H18N2O3/c1-11-7-12(9-15-8-11)13(17)16-4-2-3-14(10-16)18-5-6-19-14/h7-9H,2-6,10H2,1H3. The van der Waals surface area contributed by atoms with Gasteiger partial charge >= 0.3 is 0 Å². The van der Waals surface area contributed by atoms with E-state index in [0.29, 0.717) is 25.3 Å². The Balaban J connectivity index is 1.76. The molecule has 3 rings (SSSR count). The fraction of sp³-hybridized carbons (Fsp3) is 0.571. The average molecular weight is 262 g/mol. The smallest absolute Gasteiger partial charge is 0.255 e. The number of amides is 1. The zero-order chi connectivity index (χ0) is 13.3. The maximum absolute atomic E-state index is 12.5. The number of carbonyl (C=O) groups is 1. The first-order valence-corrected chi connectivity index (χ1v) is 6.67. The van der Waals surface area contributed by atoms with Gasteiger partial charge < -0.3 is 14.4 Å². The molecule has 2 saturated heterocycles. The van der Waals surface area contributed by atoms with Crippen molar-refractivity contribution >= 4 is 5.91 Å². The van der Waals surface area contributed by atoms with Gasteiger partial charge in [0.15, 0.2) is 5.79 Å². The number of nitrogens with zero attached hydrogens (tertiary/aromatic N) is 2. The molecule has 5 heteroatoms. The molecule has 1 spiro atoms. The first kappa shape index (κ1) is 12.6. The molecule has 0 aliphatic carbocycles. The highest BCUT2D eigenvalue weighted by molar-refractivity contribution is 5.94. The number of rotatable bonds is 1. The van der Waals surface area contributed by atoms with Crippen LogP contribution in [-0.2, 0) is 9.47 Å². The van der Waals surface area contributed by atoms with Gasteiger partial charge in [-0.3, -0.25) is 9.78 Å². The molecule has 19 heavy (non-hydrogen) atoms. The van der Waals surface area contributed by atoms with E-state index in [1.165, 1.54) is 0 Å². The van der Waals surface area contributed by atoms with Crippen LogP contribution >= 0.6 is 0 Å². The Hall–Kier alpha value is -1.46.